The van der Waals surface area contributed by atoms with Gasteiger partial charge < -0.3 is 9.47 Å². The zero-order chi connectivity index (χ0) is 17.0. The van der Waals surface area contributed by atoms with Gasteiger partial charge in [-0.15, -0.1) is 0 Å². The largest absolute Gasteiger partial charge is 0.479 e. The van der Waals surface area contributed by atoms with Crippen LogP contribution in [0.15, 0.2) is 47.7 Å². The van der Waals surface area contributed by atoms with E-state index in [1.807, 2.05) is 0 Å². The fourth-order valence-electron chi connectivity index (χ4n) is 1.87. The molecule has 0 radical (unpaired) electrons. The predicted molar refractivity (Wildman–Crippen MR) is 83.4 cm³/mol. The maximum atomic E-state index is 12.8. The number of amides is 1. The van der Waals surface area contributed by atoms with Crippen molar-refractivity contribution in [1.29, 1.82) is 0 Å². The van der Waals surface area contributed by atoms with Crippen molar-refractivity contribution in [3.8, 4) is 0 Å². The molecule has 0 saturated carbocycles. The second kappa shape index (κ2) is 6.64. The van der Waals surface area contributed by atoms with Gasteiger partial charge in [0.15, 0.2) is 5.60 Å². The van der Waals surface area contributed by atoms with E-state index in [2.05, 4.69) is 5.32 Å². The molecule has 1 aromatic carbocycles. The second-order valence-electron chi connectivity index (χ2n) is 5.60. The summed E-state index contributed by atoms with van der Waals surface area (Å²) in [4.78, 5) is 23.3. The Morgan fingerprint density at radius 3 is 2.57 bits per heavy atom. The van der Waals surface area contributed by atoms with Gasteiger partial charge in [0.25, 0.3) is 0 Å². The van der Waals surface area contributed by atoms with Crippen LogP contribution >= 0.6 is 0 Å². The van der Waals surface area contributed by atoms with E-state index < -0.39 is 11.7 Å². The summed E-state index contributed by atoms with van der Waals surface area (Å²) in [5.74, 6) is -0.0115. The van der Waals surface area contributed by atoms with E-state index in [9.17, 15) is 14.0 Å². The van der Waals surface area contributed by atoms with Crippen molar-refractivity contribution in [3.63, 3.8) is 0 Å². The van der Waals surface area contributed by atoms with Gasteiger partial charge in [0.05, 0.1) is 0 Å². The van der Waals surface area contributed by atoms with E-state index in [4.69, 9.17) is 9.47 Å². The topological polar surface area (TPSA) is 64.6 Å². The fourth-order valence-corrected chi connectivity index (χ4v) is 1.87. The molecule has 1 N–H and O–H groups in total. The Hall–Kier alpha value is -2.63. The number of rotatable bonds is 4. The van der Waals surface area contributed by atoms with Gasteiger partial charge in [0.1, 0.15) is 18.2 Å². The molecule has 5 nitrogen and oxygen atoms in total. The minimum Gasteiger partial charge on any atom is -0.479 e. The highest BCUT2D eigenvalue weighted by atomic mass is 19.1. The molecule has 0 unspecified atom stereocenters. The summed E-state index contributed by atoms with van der Waals surface area (Å²) >= 11 is 0. The van der Waals surface area contributed by atoms with Gasteiger partial charge in [-0.2, -0.15) is 0 Å². The molecule has 0 aromatic heterocycles. The van der Waals surface area contributed by atoms with Crippen molar-refractivity contribution < 1.29 is 23.5 Å². The Kier molecular flexibility index (Phi) is 4.83. The predicted octanol–water partition coefficient (Wildman–Crippen LogP) is 3.58. The maximum Gasteiger partial charge on any atom is 0.411 e. The first-order chi connectivity index (χ1) is 10.8. The van der Waals surface area contributed by atoms with Crippen LogP contribution in [0.2, 0.25) is 0 Å². The Morgan fingerprint density at radius 2 is 2.00 bits per heavy atom. The Bertz CT molecular complexity index is 674. The van der Waals surface area contributed by atoms with Crippen molar-refractivity contribution in [2.24, 2.45) is 0 Å². The molecule has 0 bridgehead atoms. The number of hydrogen-bond donors (Lipinski definition) is 1. The van der Waals surface area contributed by atoms with Crippen molar-refractivity contribution in [3.05, 3.63) is 53.6 Å². The number of carbonyl (C=O) groups excluding carboxylic acids is 2. The van der Waals surface area contributed by atoms with Crippen molar-refractivity contribution in [2.45, 2.75) is 26.4 Å². The number of benzene rings is 1. The molecule has 6 heteroatoms. The molecule has 1 aliphatic rings. The molecule has 0 aliphatic carbocycles. The van der Waals surface area contributed by atoms with E-state index in [-0.39, 0.29) is 18.2 Å². The fraction of sp³-hybridized carbons (Fsp3) is 0.294. The minimum atomic E-state index is -0.856. The van der Waals surface area contributed by atoms with Crippen LogP contribution in [0.1, 0.15) is 20.8 Å². The molecule has 1 heterocycles. The lowest BCUT2D eigenvalue weighted by Gasteiger charge is -2.18. The summed E-state index contributed by atoms with van der Waals surface area (Å²) in [5.41, 5.74) is 0.287. The monoisotopic (exact) mass is 319 g/mol. The first kappa shape index (κ1) is 16.7. The van der Waals surface area contributed by atoms with Gasteiger partial charge in [-0.25, -0.2) is 9.18 Å². The number of hydrogen-bond acceptors (Lipinski definition) is 4. The lowest BCUT2D eigenvalue weighted by molar-refractivity contribution is -0.126. The standard InChI is InChI=1S/C17H18FNO4/c1-11(14-10-15(20)17(2,3)23-14)8-9-22-16(21)19-13-6-4-12(18)5-7-13/h4-8,10H,9H2,1-3H3,(H,19,21)/b11-8+. The third-order valence-corrected chi connectivity index (χ3v) is 3.30. The number of ketones is 1. The third kappa shape index (κ3) is 4.42. The quantitative estimate of drug-likeness (QED) is 0.921. The second-order valence-corrected chi connectivity index (χ2v) is 5.60. The van der Waals surface area contributed by atoms with Crippen molar-refractivity contribution in [1.82, 2.24) is 0 Å². The number of carbonyl (C=O) groups is 2. The van der Waals surface area contributed by atoms with Crippen LogP contribution in [-0.4, -0.2) is 24.1 Å². The zero-order valence-corrected chi connectivity index (χ0v) is 13.2. The zero-order valence-electron chi connectivity index (χ0n) is 13.2. The van der Waals surface area contributed by atoms with Gasteiger partial charge in [0, 0.05) is 11.8 Å². The summed E-state index contributed by atoms with van der Waals surface area (Å²) in [7, 11) is 0. The van der Waals surface area contributed by atoms with Gasteiger partial charge in [-0.05, 0) is 56.7 Å². The molecular weight excluding hydrogens is 301 g/mol. The van der Waals surface area contributed by atoms with Crippen LogP contribution in [-0.2, 0) is 14.3 Å². The average Bonchev–Trinajstić information content (AvgIpc) is 2.75. The molecule has 1 aliphatic heterocycles. The van der Waals surface area contributed by atoms with E-state index >= 15 is 0 Å². The highest BCUT2D eigenvalue weighted by Crippen LogP contribution is 2.28. The third-order valence-electron chi connectivity index (χ3n) is 3.30. The molecule has 0 fully saturated rings. The molecule has 0 atom stereocenters. The highest BCUT2D eigenvalue weighted by molar-refractivity contribution is 5.99. The Labute approximate surface area is 133 Å². The molecule has 122 valence electrons. The van der Waals surface area contributed by atoms with Crippen molar-refractivity contribution in [2.75, 3.05) is 11.9 Å². The van der Waals surface area contributed by atoms with Crippen LogP contribution in [0.3, 0.4) is 0 Å². The molecule has 0 spiro atoms. The molecule has 2 rings (SSSR count). The first-order valence-electron chi connectivity index (χ1n) is 7.09. The SMILES string of the molecule is C/C(=C\COC(=O)Nc1ccc(F)cc1)C1=CC(=O)C(C)(C)O1. The summed E-state index contributed by atoms with van der Waals surface area (Å²) < 4.78 is 23.3. The average molecular weight is 319 g/mol. The summed E-state index contributed by atoms with van der Waals surface area (Å²) in [6.45, 7) is 5.17. The van der Waals surface area contributed by atoms with Crippen molar-refractivity contribution >= 4 is 17.6 Å². The number of nitrogens with one attached hydrogen (secondary N) is 1. The summed E-state index contributed by atoms with van der Waals surface area (Å²) in [5, 5.41) is 2.48. The number of halogens is 1. The highest BCUT2D eigenvalue weighted by Gasteiger charge is 2.35. The lowest BCUT2D eigenvalue weighted by Crippen LogP contribution is -2.27. The van der Waals surface area contributed by atoms with Gasteiger partial charge in [-0.1, -0.05) is 0 Å². The summed E-state index contributed by atoms with van der Waals surface area (Å²) in [6, 6.07) is 5.34. The van der Waals surface area contributed by atoms with E-state index in [1.54, 1.807) is 26.8 Å². The summed E-state index contributed by atoms with van der Waals surface area (Å²) in [6.07, 6.45) is 2.42. The van der Waals surface area contributed by atoms with E-state index in [0.29, 0.717) is 17.0 Å². The van der Waals surface area contributed by atoms with E-state index in [1.165, 1.54) is 30.3 Å². The van der Waals surface area contributed by atoms with Gasteiger partial charge in [-0.3, -0.25) is 10.1 Å². The molecule has 1 amide bonds. The molecular formula is C17H18FNO4. The van der Waals surface area contributed by atoms with Gasteiger partial charge >= 0.3 is 6.09 Å². The Morgan fingerprint density at radius 1 is 1.35 bits per heavy atom. The number of anilines is 1. The van der Waals surface area contributed by atoms with Crippen LogP contribution in [0.4, 0.5) is 14.9 Å². The minimum absolute atomic E-state index is 0.0220. The molecule has 1 aromatic rings. The number of ether oxygens (including phenoxy) is 2. The molecule has 23 heavy (non-hydrogen) atoms. The lowest BCUT2D eigenvalue weighted by atomic mass is 10.1. The first-order valence-corrected chi connectivity index (χ1v) is 7.09. The molecule has 0 saturated heterocycles. The van der Waals surface area contributed by atoms with Crippen LogP contribution in [0.5, 0.6) is 0 Å². The van der Waals surface area contributed by atoms with Crippen LogP contribution in [0.25, 0.3) is 0 Å². The van der Waals surface area contributed by atoms with Crippen LogP contribution < -0.4 is 5.32 Å². The van der Waals surface area contributed by atoms with E-state index in [0.717, 1.165) is 0 Å². The smallest absolute Gasteiger partial charge is 0.411 e. The van der Waals surface area contributed by atoms with Gasteiger partial charge in [0.2, 0.25) is 5.78 Å². The Balaban J connectivity index is 1.84. The number of allylic oxidation sites excluding steroid dienone is 1. The maximum absolute atomic E-state index is 12.8. The normalized spacial score (nSPS) is 16.6. The van der Waals surface area contributed by atoms with Crippen LogP contribution in [0, 0.1) is 5.82 Å².